The van der Waals surface area contributed by atoms with Gasteiger partial charge in [0.1, 0.15) is 0 Å². The number of carbonyl (C=O) groups excluding carboxylic acids is 1. The first-order valence-electron chi connectivity index (χ1n) is 7.64. The van der Waals surface area contributed by atoms with Crippen LogP contribution in [0.1, 0.15) is 22.4 Å². The third kappa shape index (κ3) is 4.09. The first-order chi connectivity index (χ1) is 11.2. The highest BCUT2D eigenvalue weighted by molar-refractivity contribution is 7.10. The first kappa shape index (κ1) is 16.0. The van der Waals surface area contributed by atoms with E-state index in [0.717, 1.165) is 12.0 Å². The maximum Gasteiger partial charge on any atom is 0.220 e. The molecule has 2 heterocycles. The zero-order valence-corrected chi connectivity index (χ0v) is 14.7. The van der Waals surface area contributed by atoms with Crippen molar-refractivity contribution in [2.24, 2.45) is 0 Å². The molecule has 2 aromatic heterocycles. The van der Waals surface area contributed by atoms with Crippen molar-refractivity contribution in [1.82, 2.24) is 5.32 Å². The van der Waals surface area contributed by atoms with Gasteiger partial charge in [0, 0.05) is 17.8 Å². The molecule has 3 rings (SSSR count). The lowest BCUT2D eigenvalue weighted by Gasteiger charge is -2.10. The molecule has 0 saturated heterocycles. The SMILES string of the molecule is Cc1ccsc1CCC(=O)NCc1ccccc1-c1ccsc1. The van der Waals surface area contributed by atoms with Crippen LogP contribution in [0.25, 0.3) is 11.1 Å². The average Bonchev–Trinajstić information content (AvgIpc) is 3.23. The minimum Gasteiger partial charge on any atom is -0.352 e. The summed E-state index contributed by atoms with van der Waals surface area (Å²) in [4.78, 5) is 13.4. The van der Waals surface area contributed by atoms with Gasteiger partial charge in [-0.2, -0.15) is 11.3 Å². The Labute approximate surface area is 144 Å². The van der Waals surface area contributed by atoms with Crippen molar-refractivity contribution in [2.75, 3.05) is 0 Å². The lowest BCUT2D eigenvalue weighted by Crippen LogP contribution is -2.23. The molecule has 2 nitrogen and oxygen atoms in total. The Morgan fingerprint density at radius 2 is 2.00 bits per heavy atom. The molecule has 0 unspecified atom stereocenters. The van der Waals surface area contributed by atoms with Crippen LogP contribution < -0.4 is 5.32 Å². The van der Waals surface area contributed by atoms with Crippen molar-refractivity contribution in [1.29, 1.82) is 0 Å². The van der Waals surface area contributed by atoms with E-state index in [1.54, 1.807) is 22.7 Å². The molecule has 0 aliphatic heterocycles. The van der Waals surface area contributed by atoms with Gasteiger partial charge < -0.3 is 5.32 Å². The van der Waals surface area contributed by atoms with Gasteiger partial charge in [0.2, 0.25) is 5.91 Å². The summed E-state index contributed by atoms with van der Waals surface area (Å²) in [5, 5.41) is 9.35. The van der Waals surface area contributed by atoms with E-state index in [9.17, 15) is 4.79 Å². The molecule has 0 radical (unpaired) electrons. The van der Waals surface area contributed by atoms with Crippen molar-refractivity contribution >= 4 is 28.6 Å². The summed E-state index contributed by atoms with van der Waals surface area (Å²) in [6.45, 7) is 2.68. The molecule has 1 N–H and O–H groups in total. The van der Waals surface area contributed by atoms with Gasteiger partial charge in [0.25, 0.3) is 0 Å². The number of amides is 1. The van der Waals surface area contributed by atoms with Crippen molar-refractivity contribution in [3.8, 4) is 11.1 Å². The van der Waals surface area contributed by atoms with Crippen LogP contribution in [0.5, 0.6) is 0 Å². The van der Waals surface area contributed by atoms with Crippen LogP contribution in [-0.2, 0) is 17.8 Å². The van der Waals surface area contributed by atoms with Crippen LogP contribution in [0.2, 0.25) is 0 Å². The lowest BCUT2D eigenvalue weighted by atomic mass is 10.0. The number of benzene rings is 1. The smallest absolute Gasteiger partial charge is 0.220 e. The van der Waals surface area contributed by atoms with Crippen LogP contribution in [-0.4, -0.2) is 5.91 Å². The van der Waals surface area contributed by atoms with Crippen molar-refractivity contribution < 1.29 is 4.79 Å². The highest BCUT2D eigenvalue weighted by Gasteiger charge is 2.08. The molecule has 1 aromatic carbocycles. The van der Waals surface area contributed by atoms with E-state index in [0.29, 0.717) is 13.0 Å². The Kier molecular flexibility index (Phi) is 5.26. The molecule has 3 aromatic rings. The molecule has 0 aliphatic rings. The standard InChI is InChI=1S/C19H19NOS2/c1-14-8-11-23-18(14)6-7-19(21)20-12-15-4-2-3-5-17(15)16-9-10-22-13-16/h2-5,8-11,13H,6-7,12H2,1H3,(H,20,21). The fraction of sp³-hybridized carbons (Fsp3) is 0.211. The summed E-state index contributed by atoms with van der Waals surface area (Å²) in [6, 6.07) is 12.5. The number of rotatable bonds is 6. The molecule has 0 bridgehead atoms. The van der Waals surface area contributed by atoms with Gasteiger partial charge in [0.15, 0.2) is 0 Å². The van der Waals surface area contributed by atoms with E-state index in [1.165, 1.54) is 21.6 Å². The maximum absolute atomic E-state index is 12.1. The topological polar surface area (TPSA) is 29.1 Å². The van der Waals surface area contributed by atoms with Gasteiger partial charge in [-0.25, -0.2) is 0 Å². The minimum atomic E-state index is 0.109. The Bertz CT molecular complexity index is 774. The second kappa shape index (κ2) is 7.57. The average molecular weight is 342 g/mol. The molecule has 0 saturated carbocycles. The summed E-state index contributed by atoms with van der Waals surface area (Å²) in [6.07, 6.45) is 1.36. The van der Waals surface area contributed by atoms with Gasteiger partial charge in [-0.1, -0.05) is 24.3 Å². The van der Waals surface area contributed by atoms with Gasteiger partial charge in [0.05, 0.1) is 0 Å². The number of carbonyl (C=O) groups is 1. The summed E-state index contributed by atoms with van der Waals surface area (Å²) in [5.41, 5.74) is 4.86. The summed E-state index contributed by atoms with van der Waals surface area (Å²) in [7, 11) is 0. The second-order valence-corrected chi connectivity index (χ2v) is 7.25. The van der Waals surface area contributed by atoms with Crippen LogP contribution in [0.15, 0.2) is 52.5 Å². The second-order valence-electron chi connectivity index (χ2n) is 5.47. The highest BCUT2D eigenvalue weighted by Crippen LogP contribution is 2.25. The van der Waals surface area contributed by atoms with E-state index in [2.05, 4.69) is 52.6 Å². The zero-order valence-electron chi connectivity index (χ0n) is 13.0. The van der Waals surface area contributed by atoms with E-state index < -0.39 is 0 Å². The van der Waals surface area contributed by atoms with Gasteiger partial charge >= 0.3 is 0 Å². The number of aryl methyl sites for hydroxylation is 2. The number of thiophene rings is 2. The largest absolute Gasteiger partial charge is 0.352 e. The molecular formula is C19H19NOS2. The fourth-order valence-corrected chi connectivity index (χ4v) is 4.11. The molecule has 4 heteroatoms. The molecule has 0 fully saturated rings. The monoisotopic (exact) mass is 341 g/mol. The normalized spacial score (nSPS) is 10.7. The number of hydrogen-bond acceptors (Lipinski definition) is 3. The molecule has 0 aliphatic carbocycles. The fourth-order valence-electron chi connectivity index (χ4n) is 2.54. The number of hydrogen-bond donors (Lipinski definition) is 1. The first-order valence-corrected chi connectivity index (χ1v) is 9.46. The highest BCUT2D eigenvalue weighted by atomic mass is 32.1. The van der Waals surface area contributed by atoms with Crippen LogP contribution in [0.3, 0.4) is 0 Å². The van der Waals surface area contributed by atoms with Gasteiger partial charge in [-0.3, -0.25) is 4.79 Å². The molecule has 118 valence electrons. The minimum absolute atomic E-state index is 0.109. The van der Waals surface area contributed by atoms with E-state index in [1.807, 2.05) is 12.1 Å². The van der Waals surface area contributed by atoms with Crippen LogP contribution >= 0.6 is 22.7 Å². The Hall–Kier alpha value is -1.91. The third-order valence-electron chi connectivity index (χ3n) is 3.87. The summed E-state index contributed by atoms with van der Waals surface area (Å²) >= 11 is 3.42. The molecule has 1 amide bonds. The van der Waals surface area contributed by atoms with Crippen LogP contribution in [0.4, 0.5) is 0 Å². The molecule has 23 heavy (non-hydrogen) atoms. The predicted octanol–water partition coefficient (Wildman–Crippen LogP) is 5.03. The third-order valence-corrected chi connectivity index (χ3v) is 5.64. The Morgan fingerprint density at radius 1 is 1.13 bits per heavy atom. The Balaban J connectivity index is 1.58. The summed E-state index contributed by atoms with van der Waals surface area (Å²) < 4.78 is 0. The maximum atomic E-state index is 12.1. The molecular weight excluding hydrogens is 322 g/mol. The molecule has 0 atom stereocenters. The lowest BCUT2D eigenvalue weighted by molar-refractivity contribution is -0.121. The zero-order chi connectivity index (χ0) is 16.1. The van der Waals surface area contributed by atoms with E-state index in [4.69, 9.17) is 0 Å². The predicted molar refractivity (Wildman–Crippen MR) is 99.0 cm³/mol. The van der Waals surface area contributed by atoms with Gasteiger partial charge in [-0.05, 0) is 63.9 Å². The van der Waals surface area contributed by atoms with E-state index in [-0.39, 0.29) is 5.91 Å². The van der Waals surface area contributed by atoms with Crippen molar-refractivity contribution in [2.45, 2.75) is 26.3 Å². The van der Waals surface area contributed by atoms with E-state index >= 15 is 0 Å². The van der Waals surface area contributed by atoms with Crippen LogP contribution in [0, 0.1) is 6.92 Å². The Morgan fingerprint density at radius 3 is 2.74 bits per heavy atom. The molecule has 0 spiro atoms. The van der Waals surface area contributed by atoms with Crippen molar-refractivity contribution in [3.05, 3.63) is 68.5 Å². The van der Waals surface area contributed by atoms with Gasteiger partial charge in [-0.15, -0.1) is 11.3 Å². The van der Waals surface area contributed by atoms with Crippen molar-refractivity contribution in [3.63, 3.8) is 0 Å². The quantitative estimate of drug-likeness (QED) is 0.669. The summed E-state index contributed by atoms with van der Waals surface area (Å²) in [5.74, 6) is 0.109. The number of nitrogens with one attached hydrogen (secondary N) is 1.